The molecule has 0 bridgehead atoms. The van der Waals surface area contributed by atoms with Crippen LogP contribution in [0.15, 0.2) is 12.1 Å². The first-order valence-electron chi connectivity index (χ1n) is 4.97. The molecule has 5 heteroatoms. The molecule has 1 aliphatic heterocycles. The van der Waals surface area contributed by atoms with E-state index in [1.54, 1.807) is 14.2 Å². The summed E-state index contributed by atoms with van der Waals surface area (Å²) in [6.45, 7) is 0. The molecule has 1 atom stereocenters. The van der Waals surface area contributed by atoms with Crippen molar-refractivity contribution in [1.29, 1.82) is 0 Å². The van der Waals surface area contributed by atoms with E-state index in [0.29, 0.717) is 23.6 Å². The van der Waals surface area contributed by atoms with Gasteiger partial charge < -0.3 is 20.5 Å². The number of amides is 1. The van der Waals surface area contributed by atoms with Gasteiger partial charge in [0.1, 0.15) is 0 Å². The summed E-state index contributed by atoms with van der Waals surface area (Å²) < 4.78 is 10.4. The van der Waals surface area contributed by atoms with Crippen LogP contribution in [0, 0.1) is 0 Å². The van der Waals surface area contributed by atoms with Crippen LogP contribution in [0.25, 0.3) is 0 Å². The number of fused-ring (bicyclic) bond motifs is 1. The maximum atomic E-state index is 11.5. The van der Waals surface area contributed by atoms with Crippen molar-refractivity contribution in [3.8, 4) is 11.5 Å². The van der Waals surface area contributed by atoms with Crippen molar-refractivity contribution in [2.45, 2.75) is 12.5 Å². The number of ether oxygens (including phenoxy) is 2. The van der Waals surface area contributed by atoms with Crippen molar-refractivity contribution in [2.75, 3.05) is 19.5 Å². The van der Waals surface area contributed by atoms with Gasteiger partial charge in [0.15, 0.2) is 11.5 Å². The molecule has 1 aromatic carbocycles. The maximum absolute atomic E-state index is 11.5. The molecule has 2 rings (SSSR count). The summed E-state index contributed by atoms with van der Waals surface area (Å²) in [5.41, 5.74) is 7.29. The first kappa shape index (κ1) is 10.8. The standard InChI is InChI=1S/C11H14N2O3/c1-15-8-4-3-6-5-7(12)11(14)13-9(6)10(8)16-2/h3-4,7H,5,12H2,1-2H3,(H,13,14). The van der Waals surface area contributed by atoms with Gasteiger partial charge in [-0.3, -0.25) is 4.79 Å². The minimum Gasteiger partial charge on any atom is -0.493 e. The van der Waals surface area contributed by atoms with Crippen molar-refractivity contribution in [1.82, 2.24) is 0 Å². The molecule has 0 aliphatic carbocycles. The second kappa shape index (κ2) is 4.02. The number of benzene rings is 1. The topological polar surface area (TPSA) is 73.6 Å². The Morgan fingerprint density at radius 1 is 1.38 bits per heavy atom. The van der Waals surface area contributed by atoms with Gasteiger partial charge in [0.05, 0.1) is 25.9 Å². The number of rotatable bonds is 2. The zero-order chi connectivity index (χ0) is 11.7. The number of carbonyl (C=O) groups is 1. The van der Waals surface area contributed by atoms with Crippen LogP contribution in [0.5, 0.6) is 11.5 Å². The molecule has 5 nitrogen and oxygen atoms in total. The SMILES string of the molecule is COc1ccc2c(c1OC)NC(=O)C(N)C2. The molecule has 0 fully saturated rings. The minimum atomic E-state index is -0.495. The van der Waals surface area contributed by atoms with Crippen LogP contribution in [0.4, 0.5) is 5.69 Å². The molecule has 1 aromatic rings. The van der Waals surface area contributed by atoms with Crippen LogP contribution in [0.1, 0.15) is 5.56 Å². The Balaban J connectivity index is 2.51. The summed E-state index contributed by atoms with van der Waals surface area (Å²) in [6, 6.07) is 3.20. The molecule has 16 heavy (non-hydrogen) atoms. The average molecular weight is 222 g/mol. The monoisotopic (exact) mass is 222 g/mol. The lowest BCUT2D eigenvalue weighted by Gasteiger charge is -2.24. The Morgan fingerprint density at radius 3 is 2.75 bits per heavy atom. The van der Waals surface area contributed by atoms with E-state index in [9.17, 15) is 4.79 Å². The van der Waals surface area contributed by atoms with Crippen molar-refractivity contribution in [2.24, 2.45) is 5.73 Å². The molecular formula is C11H14N2O3. The van der Waals surface area contributed by atoms with E-state index in [1.807, 2.05) is 12.1 Å². The molecule has 86 valence electrons. The number of nitrogens with two attached hydrogens (primary N) is 1. The molecule has 0 saturated heterocycles. The van der Waals surface area contributed by atoms with Crippen LogP contribution in [-0.4, -0.2) is 26.2 Å². The fourth-order valence-electron chi connectivity index (χ4n) is 1.82. The van der Waals surface area contributed by atoms with Crippen LogP contribution in [0.2, 0.25) is 0 Å². The van der Waals surface area contributed by atoms with Gasteiger partial charge in [-0.05, 0) is 18.1 Å². The summed E-state index contributed by atoms with van der Waals surface area (Å²) in [5, 5.41) is 2.73. The highest BCUT2D eigenvalue weighted by atomic mass is 16.5. The zero-order valence-electron chi connectivity index (χ0n) is 9.24. The number of carbonyl (C=O) groups excluding carboxylic acids is 1. The van der Waals surface area contributed by atoms with Crippen LogP contribution in [0.3, 0.4) is 0 Å². The molecule has 0 saturated carbocycles. The molecular weight excluding hydrogens is 208 g/mol. The lowest BCUT2D eigenvalue weighted by atomic mass is 9.99. The van der Waals surface area contributed by atoms with Gasteiger partial charge in [-0.1, -0.05) is 6.07 Å². The Kier molecular flexibility index (Phi) is 2.70. The van der Waals surface area contributed by atoms with Crippen LogP contribution < -0.4 is 20.5 Å². The molecule has 1 amide bonds. The highest BCUT2D eigenvalue weighted by molar-refractivity contribution is 5.99. The second-order valence-corrected chi connectivity index (χ2v) is 3.64. The largest absolute Gasteiger partial charge is 0.493 e. The van der Waals surface area contributed by atoms with Gasteiger partial charge in [0.25, 0.3) is 0 Å². The predicted molar refractivity (Wildman–Crippen MR) is 59.9 cm³/mol. The van der Waals surface area contributed by atoms with E-state index in [2.05, 4.69) is 5.32 Å². The average Bonchev–Trinajstić information content (AvgIpc) is 2.29. The third-order valence-corrected chi connectivity index (χ3v) is 2.66. The first-order chi connectivity index (χ1) is 7.67. The Labute approximate surface area is 93.5 Å². The van der Waals surface area contributed by atoms with Crippen molar-refractivity contribution in [3.05, 3.63) is 17.7 Å². The second-order valence-electron chi connectivity index (χ2n) is 3.64. The lowest BCUT2D eigenvalue weighted by Crippen LogP contribution is -2.41. The summed E-state index contributed by atoms with van der Waals surface area (Å²) in [4.78, 5) is 11.5. The van der Waals surface area contributed by atoms with Crippen LogP contribution in [-0.2, 0) is 11.2 Å². The number of nitrogens with one attached hydrogen (secondary N) is 1. The first-order valence-corrected chi connectivity index (χ1v) is 4.97. The molecule has 1 aliphatic rings. The van der Waals surface area contributed by atoms with E-state index in [0.717, 1.165) is 5.56 Å². The summed E-state index contributed by atoms with van der Waals surface area (Å²) in [5.74, 6) is 0.941. The zero-order valence-corrected chi connectivity index (χ0v) is 9.24. The van der Waals surface area contributed by atoms with E-state index in [4.69, 9.17) is 15.2 Å². The fraction of sp³-hybridized carbons (Fsp3) is 0.364. The number of hydrogen-bond donors (Lipinski definition) is 2. The van der Waals surface area contributed by atoms with E-state index in [1.165, 1.54) is 0 Å². The fourth-order valence-corrected chi connectivity index (χ4v) is 1.82. The highest BCUT2D eigenvalue weighted by Gasteiger charge is 2.26. The molecule has 1 unspecified atom stereocenters. The number of anilines is 1. The van der Waals surface area contributed by atoms with Crippen molar-refractivity contribution >= 4 is 11.6 Å². The van der Waals surface area contributed by atoms with E-state index in [-0.39, 0.29) is 5.91 Å². The van der Waals surface area contributed by atoms with Crippen molar-refractivity contribution in [3.63, 3.8) is 0 Å². The molecule has 1 heterocycles. The van der Waals surface area contributed by atoms with Gasteiger partial charge >= 0.3 is 0 Å². The van der Waals surface area contributed by atoms with Gasteiger partial charge in [-0.25, -0.2) is 0 Å². The maximum Gasteiger partial charge on any atom is 0.241 e. The predicted octanol–water partition coefficient (Wildman–Crippen LogP) is 0.526. The van der Waals surface area contributed by atoms with E-state index >= 15 is 0 Å². The highest BCUT2D eigenvalue weighted by Crippen LogP contribution is 2.39. The van der Waals surface area contributed by atoms with Gasteiger partial charge in [-0.2, -0.15) is 0 Å². The third kappa shape index (κ3) is 1.59. The Bertz CT molecular complexity index is 431. The van der Waals surface area contributed by atoms with Crippen LogP contribution >= 0.6 is 0 Å². The van der Waals surface area contributed by atoms with E-state index < -0.39 is 6.04 Å². The smallest absolute Gasteiger partial charge is 0.241 e. The summed E-state index contributed by atoms with van der Waals surface area (Å²) >= 11 is 0. The molecule has 3 N–H and O–H groups in total. The van der Waals surface area contributed by atoms with Gasteiger partial charge in [0.2, 0.25) is 5.91 Å². The van der Waals surface area contributed by atoms with Gasteiger partial charge in [0, 0.05) is 0 Å². The molecule has 0 spiro atoms. The molecule has 0 radical (unpaired) electrons. The lowest BCUT2D eigenvalue weighted by molar-refractivity contribution is -0.117. The normalized spacial score (nSPS) is 18.7. The Hall–Kier alpha value is -1.75. The summed E-state index contributed by atoms with van der Waals surface area (Å²) in [6.07, 6.45) is 0.515. The summed E-state index contributed by atoms with van der Waals surface area (Å²) in [7, 11) is 3.10. The number of hydrogen-bond acceptors (Lipinski definition) is 4. The molecule has 0 aromatic heterocycles. The quantitative estimate of drug-likeness (QED) is 0.765. The number of methoxy groups -OCH3 is 2. The third-order valence-electron chi connectivity index (χ3n) is 2.66. The van der Waals surface area contributed by atoms with Crippen molar-refractivity contribution < 1.29 is 14.3 Å². The van der Waals surface area contributed by atoms with Gasteiger partial charge in [-0.15, -0.1) is 0 Å². The Morgan fingerprint density at radius 2 is 2.12 bits per heavy atom. The minimum absolute atomic E-state index is 0.195.